The predicted octanol–water partition coefficient (Wildman–Crippen LogP) is 2.98. The van der Waals surface area contributed by atoms with E-state index >= 15 is 0 Å². The smallest absolute Gasteiger partial charge is 0.374 e. The molecule has 0 atom stereocenters. The van der Waals surface area contributed by atoms with Crippen molar-refractivity contribution in [3.63, 3.8) is 0 Å². The maximum atomic E-state index is 12.5. The van der Waals surface area contributed by atoms with Gasteiger partial charge >= 0.3 is 5.97 Å². The summed E-state index contributed by atoms with van der Waals surface area (Å²) in [5.41, 5.74) is -0.404. The van der Waals surface area contributed by atoms with Gasteiger partial charge in [-0.3, -0.25) is 0 Å². The van der Waals surface area contributed by atoms with Crippen molar-refractivity contribution in [1.82, 2.24) is 4.98 Å². The number of carboxylic acids is 1. The molecular weight excluding hydrogens is 232 g/mol. The van der Waals surface area contributed by atoms with Crippen molar-refractivity contribution in [1.29, 1.82) is 0 Å². The van der Waals surface area contributed by atoms with Crippen molar-refractivity contribution in [2.24, 2.45) is 0 Å². The van der Waals surface area contributed by atoms with E-state index in [9.17, 15) is 13.6 Å². The number of aromatic carboxylic acids is 1. The Balaban J connectivity index is 2.51. The Bertz CT molecular complexity index is 537. The zero-order valence-corrected chi connectivity index (χ0v) is 8.43. The van der Waals surface area contributed by atoms with Crippen LogP contribution in [0.25, 0.3) is 11.5 Å². The summed E-state index contributed by atoms with van der Waals surface area (Å²) in [6, 6.07) is 8.25. The molecule has 4 nitrogen and oxygen atoms in total. The molecule has 0 spiro atoms. The molecule has 0 saturated heterocycles. The van der Waals surface area contributed by atoms with E-state index < -0.39 is 23.8 Å². The van der Waals surface area contributed by atoms with E-state index in [0.717, 1.165) is 0 Å². The normalized spacial score (nSPS) is 10.8. The van der Waals surface area contributed by atoms with Gasteiger partial charge in [-0.15, -0.1) is 0 Å². The highest BCUT2D eigenvalue weighted by Crippen LogP contribution is 2.28. The standard InChI is InChI=1S/C11H7F2NO3/c12-9(13)7-8(11(15)16)17-10(14-7)6-4-2-1-3-5-6/h1-5,9H,(H,15,16). The highest BCUT2D eigenvalue weighted by atomic mass is 19.3. The lowest BCUT2D eigenvalue weighted by atomic mass is 10.2. The molecule has 17 heavy (non-hydrogen) atoms. The molecule has 1 N–H and O–H groups in total. The minimum Gasteiger partial charge on any atom is -0.475 e. The molecule has 0 fully saturated rings. The molecule has 0 saturated carbocycles. The molecule has 0 aliphatic carbocycles. The van der Waals surface area contributed by atoms with Gasteiger partial charge in [0.05, 0.1) is 0 Å². The molecule has 1 aromatic heterocycles. The molecule has 2 rings (SSSR count). The Morgan fingerprint density at radius 1 is 1.29 bits per heavy atom. The first-order valence-electron chi connectivity index (χ1n) is 4.67. The average Bonchev–Trinajstić information content (AvgIpc) is 2.75. The lowest BCUT2D eigenvalue weighted by Crippen LogP contribution is -1.99. The second kappa shape index (κ2) is 4.32. The number of carbonyl (C=O) groups is 1. The van der Waals surface area contributed by atoms with Gasteiger partial charge < -0.3 is 9.52 Å². The van der Waals surface area contributed by atoms with Gasteiger partial charge in [-0.05, 0) is 12.1 Å². The maximum Gasteiger partial charge on any atom is 0.374 e. The van der Waals surface area contributed by atoms with E-state index in [2.05, 4.69) is 4.98 Å². The number of oxazole rings is 1. The summed E-state index contributed by atoms with van der Waals surface area (Å²) in [5.74, 6) is -2.51. The molecule has 0 aliphatic rings. The van der Waals surface area contributed by atoms with Crippen molar-refractivity contribution in [3.8, 4) is 11.5 Å². The van der Waals surface area contributed by atoms with E-state index in [1.54, 1.807) is 30.3 Å². The first kappa shape index (κ1) is 11.3. The van der Waals surface area contributed by atoms with Crippen LogP contribution in [-0.4, -0.2) is 16.1 Å². The number of benzene rings is 1. The van der Waals surface area contributed by atoms with Crippen LogP contribution in [-0.2, 0) is 0 Å². The summed E-state index contributed by atoms with van der Waals surface area (Å²) in [6.45, 7) is 0. The minimum atomic E-state index is -2.98. The molecular formula is C11H7F2NO3. The fourth-order valence-electron chi connectivity index (χ4n) is 1.34. The fourth-order valence-corrected chi connectivity index (χ4v) is 1.34. The number of carboxylic acid groups (broad SMARTS) is 1. The Labute approximate surface area is 94.5 Å². The number of rotatable bonds is 3. The summed E-state index contributed by atoms with van der Waals surface area (Å²) in [7, 11) is 0. The van der Waals surface area contributed by atoms with E-state index in [0.29, 0.717) is 5.56 Å². The van der Waals surface area contributed by atoms with Gasteiger partial charge in [-0.25, -0.2) is 18.6 Å². The second-order valence-electron chi connectivity index (χ2n) is 3.21. The molecule has 0 radical (unpaired) electrons. The van der Waals surface area contributed by atoms with Gasteiger partial charge in [0.15, 0.2) is 5.69 Å². The SMILES string of the molecule is O=C(O)c1oc(-c2ccccc2)nc1C(F)F. The van der Waals surface area contributed by atoms with Crippen LogP contribution in [0.15, 0.2) is 34.7 Å². The zero-order chi connectivity index (χ0) is 12.4. The summed E-state index contributed by atoms with van der Waals surface area (Å²) in [5, 5.41) is 8.71. The monoisotopic (exact) mass is 239 g/mol. The highest BCUT2D eigenvalue weighted by Gasteiger charge is 2.26. The van der Waals surface area contributed by atoms with Crippen LogP contribution in [0.5, 0.6) is 0 Å². The third-order valence-corrected chi connectivity index (χ3v) is 2.08. The Hall–Kier alpha value is -2.24. The third-order valence-electron chi connectivity index (χ3n) is 2.08. The molecule has 0 amide bonds. The van der Waals surface area contributed by atoms with Gasteiger partial charge in [0.25, 0.3) is 6.43 Å². The fraction of sp³-hybridized carbons (Fsp3) is 0.0909. The number of aromatic nitrogens is 1. The van der Waals surface area contributed by atoms with Crippen molar-refractivity contribution >= 4 is 5.97 Å². The quantitative estimate of drug-likeness (QED) is 0.894. The van der Waals surface area contributed by atoms with Crippen molar-refractivity contribution < 1.29 is 23.1 Å². The number of hydrogen-bond acceptors (Lipinski definition) is 3. The van der Waals surface area contributed by atoms with Crippen LogP contribution < -0.4 is 0 Å². The van der Waals surface area contributed by atoms with Crippen LogP contribution in [0.2, 0.25) is 0 Å². The summed E-state index contributed by atoms with van der Waals surface area (Å²) < 4.78 is 29.9. The Morgan fingerprint density at radius 3 is 2.41 bits per heavy atom. The molecule has 1 aromatic carbocycles. The highest BCUT2D eigenvalue weighted by molar-refractivity contribution is 5.86. The molecule has 0 unspecified atom stereocenters. The van der Waals surface area contributed by atoms with E-state index in [4.69, 9.17) is 9.52 Å². The number of alkyl halides is 2. The maximum absolute atomic E-state index is 12.5. The first-order valence-corrected chi connectivity index (χ1v) is 4.67. The predicted molar refractivity (Wildman–Crippen MR) is 53.9 cm³/mol. The van der Waals surface area contributed by atoms with Crippen molar-refractivity contribution in [3.05, 3.63) is 41.8 Å². The summed E-state index contributed by atoms with van der Waals surface area (Å²) in [4.78, 5) is 14.2. The molecule has 1 heterocycles. The van der Waals surface area contributed by atoms with Crippen LogP contribution >= 0.6 is 0 Å². The van der Waals surface area contributed by atoms with Gasteiger partial charge in [0, 0.05) is 5.56 Å². The van der Waals surface area contributed by atoms with Crippen LogP contribution in [0.3, 0.4) is 0 Å². The molecule has 0 aliphatic heterocycles. The Kier molecular flexibility index (Phi) is 2.86. The van der Waals surface area contributed by atoms with Gasteiger partial charge in [-0.1, -0.05) is 18.2 Å². The summed E-state index contributed by atoms with van der Waals surface area (Å²) in [6.07, 6.45) is -2.98. The van der Waals surface area contributed by atoms with Crippen molar-refractivity contribution in [2.75, 3.05) is 0 Å². The zero-order valence-electron chi connectivity index (χ0n) is 8.43. The molecule has 88 valence electrons. The average molecular weight is 239 g/mol. The topological polar surface area (TPSA) is 63.3 Å². The molecule has 0 bridgehead atoms. The number of halogens is 2. The van der Waals surface area contributed by atoms with Gasteiger partial charge in [0.1, 0.15) is 0 Å². The minimum absolute atomic E-state index is 0.127. The first-order chi connectivity index (χ1) is 8.09. The largest absolute Gasteiger partial charge is 0.475 e. The van der Waals surface area contributed by atoms with Crippen LogP contribution in [0, 0.1) is 0 Å². The van der Waals surface area contributed by atoms with Crippen molar-refractivity contribution in [2.45, 2.75) is 6.43 Å². The Morgan fingerprint density at radius 2 is 1.94 bits per heavy atom. The van der Waals surface area contributed by atoms with E-state index in [1.165, 1.54) is 0 Å². The van der Waals surface area contributed by atoms with Crippen LogP contribution in [0.4, 0.5) is 8.78 Å². The van der Waals surface area contributed by atoms with Crippen LogP contribution in [0.1, 0.15) is 22.7 Å². The molecule has 6 heteroatoms. The van der Waals surface area contributed by atoms with Gasteiger partial charge in [0.2, 0.25) is 11.7 Å². The lowest BCUT2D eigenvalue weighted by Gasteiger charge is -1.92. The van der Waals surface area contributed by atoms with Gasteiger partial charge in [-0.2, -0.15) is 0 Å². The summed E-state index contributed by atoms with van der Waals surface area (Å²) >= 11 is 0. The number of hydrogen-bond donors (Lipinski definition) is 1. The van der Waals surface area contributed by atoms with E-state index in [-0.39, 0.29) is 5.89 Å². The number of nitrogens with zero attached hydrogens (tertiary/aromatic N) is 1. The third kappa shape index (κ3) is 2.15. The molecule has 2 aromatic rings. The van der Waals surface area contributed by atoms with E-state index in [1.807, 2.05) is 0 Å². The second-order valence-corrected chi connectivity index (χ2v) is 3.21. The lowest BCUT2D eigenvalue weighted by molar-refractivity contribution is 0.0647.